The van der Waals surface area contributed by atoms with Crippen molar-refractivity contribution in [3.05, 3.63) is 0 Å². The van der Waals surface area contributed by atoms with Crippen molar-refractivity contribution in [3.8, 4) is 0 Å². The molecule has 0 aromatic heterocycles. The first-order valence-corrected chi connectivity index (χ1v) is 6.90. The molecule has 2 unspecified atom stereocenters. The van der Waals surface area contributed by atoms with Gasteiger partial charge in [0.15, 0.2) is 0 Å². The normalized spacial score (nSPS) is 14.6. The van der Waals surface area contributed by atoms with Gasteiger partial charge in [0.25, 0.3) is 0 Å². The Kier molecular flexibility index (Phi) is 9.98. The molecule has 0 aliphatic carbocycles. The molecule has 0 rings (SSSR count). The number of aliphatic hydroxyl groups excluding tert-OH is 2. The maximum Gasteiger partial charge on any atom is 0.305 e. The Hall–Kier alpha value is -0.610. The van der Waals surface area contributed by atoms with Crippen LogP contribution >= 0.6 is 0 Å². The number of aliphatic hydroxyl groups is 2. The van der Waals surface area contributed by atoms with Crippen LogP contribution in [0.2, 0.25) is 0 Å². The third kappa shape index (κ3) is 10.5. The van der Waals surface area contributed by atoms with Crippen molar-refractivity contribution in [2.24, 2.45) is 11.8 Å². The first-order valence-electron chi connectivity index (χ1n) is 6.90. The van der Waals surface area contributed by atoms with Gasteiger partial charge in [0.1, 0.15) is 12.7 Å². The highest BCUT2D eigenvalue weighted by molar-refractivity contribution is 5.69. The van der Waals surface area contributed by atoms with Crippen LogP contribution in [0.1, 0.15) is 52.9 Å². The molecule has 0 heterocycles. The second-order valence-corrected chi connectivity index (χ2v) is 5.50. The van der Waals surface area contributed by atoms with E-state index in [9.17, 15) is 4.79 Å². The van der Waals surface area contributed by atoms with Gasteiger partial charge in [-0.2, -0.15) is 0 Å². The standard InChI is InChI=1S/C14H28O4/c1-11(2)8-12(3)6-4-5-7-14(17)18-10-13(16)9-15/h11-13,15-16H,4-10H2,1-3H3. The molecule has 2 atom stereocenters. The lowest BCUT2D eigenvalue weighted by Gasteiger charge is -2.13. The molecular weight excluding hydrogens is 232 g/mol. The molecule has 0 amide bonds. The van der Waals surface area contributed by atoms with Crippen LogP contribution in [0, 0.1) is 11.8 Å². The van der Waals surface area contributed by atoms with Crippen molar-refractivity contribution in [1.82, 2.24) is 0 Å². The number of esters is 1. The average molecular weight is 260 g/mol. The third-order valence-corrected chi connectivity index (χ3v) is 2.85. The Morgan fingerprint density at radius 1 is 1.22 bits per heavy atom. The van der Waals surface area contributed by atoms with Crippen molar-refractivity contribution in [3.63, 3.8) is 0 Å². The molecule has 0 aromatic rings. The molecule has 0 aliphatic heterocycles. The molecule has 0 fully saturated rings. The lowest BCUT2D eigenvalue weighted by molar-refractivity contribution is -0.147. The quantitative estimate of drug-likeness (QED) is 0.466. The molecule has 4 heteroatoms. The third-order valence-electron chi connectivity index (χ3n) is 2.85. The molecule has 0 saturated carbocycles. The van der Waals surface area contributed by atoms with Crippen molar-refractivity contribution in [1.29, 1.82) is 0 Å². The molecule has 108 valence electrons. The Labute approximate surface area is 110 Å². The molecule has 0 aromatic carbocycles. The first kappa shape index (κ1) is 17.4. The number of hydrogen-bond acceptors (Lipinski definition) is 4. The van der Waals surface area contributed by atoms with Crippen LogP contribution in [0.25, 0.3) is 0 Å². The Morgan fingerprint density at radius 3 is 2.44 bits per heavy atom. The number of unbranched alkanes of at least 4 members (excludes halogenated alkanes) is 1. The summed E-state index contributed by atoms with van der Waals surface area (Å²) in [5, 5.41) is 17.6. The predicted molar refractivity (Wildman–Crippen MR) is 71.1 cm³/mol. The molecule has 18 heavy (non-hydrogen) atoms. The molecule has 2 N–H and O–H groups in total. The topological polar surface area (TPSA) is 66.8 Å². The number of rotatable bonds is 10. The first-order chi connectivity index (χ1) is 8.45. The summed E-state index contributed by atoms with van der Waals surface area (Å²) in [5.74, 6) is 1.14. The highest BCUT2D eigenvalue weighted by Crippen LogP contribution is 2.17. The number of carbonyl (C=O) groups is 1. The summed E-state index contributed by atoms with van der Waals surface area (Å²) in [6.07, 6.45) is 3.67. The zero-order chi connectivity index (χ0) is 14.0. The maximum atomic E-state index is 11.3. The van der Waals surface area contributed by atoms with Gasteiger partial charge in [-0.3, -0.25) is 4.79 Å². The second-order valence-electron chi connectivity index (χ2n) is 5.50. The minimum Gasteiger partial charge on any atom is -0.463 e. The van der Waals surface area contributed by atoms with E-state index in [-0.39, 0.29) is 19.2 Å². The SMILES string of the molecule is CC(C)CC(C)CCCCC(=O)OCC(O)CO. The summed E-state index contributed by atoms with van der Waals surface area (Å²) in [7, 11) is 0. The van der Waals surface area contributed by atoms with E-state index >= 15 is 0 Å². The minimum atomic E-state index is -0.958. The second kappa shape index (κ2) is 10.3. The van der Waals surface area contributed by atoms with Crippen LogP contribution in [-0.2, 0) is 9.53 Å². The summed E-state index contributed by atoms with van der Waals surface area (Å²) in [6.45, 7) is 6.20. The monoisotopic (exact) mass is 260 g/mol. The zero-order valence-corrected chi connectivity index (χ0v) is 11.9. The molecule has 0 saturated heterocycles. The maximum absolute atomic E-state index is 11.3. The largest absolute Gasteiger partial charge is 0.463 e. The van der Waals surface area contributed by atoms with Gasteiger partial charge < -0.3 is 14.9 Å². The fourth-order valence-electron chi connectivity index (χ4n) is 2.00. The smallest absolute Gasteiger partial charge is 0.305 e. The van der Waals surface area contributed by atoms with Crippen LogP contribution in [0.15, 0.2) is 0 Å². The van der Waals surface area contributed by atoms with Crippen molar-refractivity contribution < 1.29 is 19.7 Å². The highest BCUT2D eigenvalue weighted by atomic mass is 16.5. The number of carbonyl (C=O) groups excluding carboxylic acids is 1. The molecule has 0 spiro atoms. The van der Waals surface area contributed by atoms with Crippen LogP contribution in [0.5, 0.6) is 0 Å². The Balaban J connectivity index is 3.45. The number of hydrogen-bond donors (Lipinski definition) is 2. The number of ether oxygens (including phenoxy) is 1. The van der Waals surface area contributed by atoms with E-state index in [0.717, 1.165) is 25.2 Å². The van der Waals surface area contributed by atoms with Gasteiger partial charge >= 0.3 is 5.97 Å². The summed E-state index contributed by atoms with van der Waals surface area (Å²) in [5.41, 5.74) is 0. The van der Waals surface area contributed by atoms with Crippen LogP contribution in [-0.4, -0.2) is 35.5 Å². The van der Waals surface area contributed by atoms with Crippen molar-refractivity contribution in [2.75, 3.05) is 13.2 Å². The Bertz CT molecular complexity index is 216. The fourth-order valence-corrected chi connectivity index (χ4v) is 2.00. The zero-order valence-electron chi connectivity index (χ0n) is 11.9. The van der Waals surface area contributed by atoms with Gasteiger partial charge in [-0.15, -0.1) is 0 Å². The molecule has 0 bridgehead atoms. The fraction of sp³-hybridized carbons (Fsp3) is 0.929. The van der Waals surface area contributed by atoms with E-state index in [0.29, 0.717) is 12.3 Å². The van der Waals surface area contributed by atoms with Gasteiger partial charge in [-0.25, -0.2) is 0 Å². The molecule has 0 aliphatic rings. The van der Waals surface area contributed by atoms with E-state index in [1.807, 2.05) is 0 Å². The molecular formula is C14H28O4. The Morgan fingerprint density at radius 2 is 1.89 bits per heavy atom. The van der Waals surface area contributed by atoms with E-state index in [4.69, 9.17) is 14.9 Å². The predicted octanol–water partition coefficient (Wildman–Crippen LogP) is 2.13. The van der Waals surface area contributed by atoms with Gasteiger partial charge in [0.05, 0.1) is 6.61 Å². The van der Waals surface area contributed by atoms with Crippen LogP contribution in [0.3, 0.4) is 0 Å². The highest BCUT2D eigenvalue weighted by Gasteiger charge is 2.09. The van der Waals surface area contributed by atoms with Gasteiger partial charge in [0.2, 0.25) is 0 Å². The summed E-state index contributed by atoms with van der Waals surface area (Å²) in [4.78, 5) is 11.3. The van der Waals surface area contributed by atoms with Gasteiger partial charge in [0, 0.05) is 6.42 Å². The van der Waals surface area contributed by atoms with Gasteiger partial charge in [-0.1, -0.05) is 33.6 Å². The average Bonchev–Trinajstić information content (AvgIpc) is 2.30. The van der Waals surface area contributed by atoms with Crippen LogP contribution in [0.4, 0.5) is 0 Å². The van der Waals surface area contributed by atoms with E-state index in [2.05, 4.69) is 20.8 Å². The summed E-state index contributed by atoms with van der Waals surface area (Å²) >= 11 is 0. The lowest BCUT2D eigenvalue weighted by Crippen LogP contribution is -2.21. The molecule has 0 radical (unpaired) electrons. The molecule has 4 nitrogen and oxygen atoms in total. The van der Waals surface area contributed by atoms with Crippen LogP contribution < -0.4 is 0 Å². The van der Waals surface area contributed by atoms with E-state index in [1.54, 1.807) is 0 Å². The van der Waals surface area contributed by atoms with Crippen molar-refractivity contribution in [2.45, 2.75) is 59.0 Å². The summed E-state index contributed by atoms with van der Waals surface area (Å²) in [6, 6.07) is 0. The minimum absolute atomic E-state index is 0.112. The lowest BCUT2D eigenvalue weighted by atomic mass is 9.94. The van der Waals surface area contributed by atoms with E-state index in [1.165, 1.54) is 6.42 Å². The van der Waals surface area contributed by atoms with Gasteiger partial charge in [-0.05, 0) is 24.7 Å². The van der Waals surface area contributed by atoms with Crippen molar-refractivity contribution >= 4 is 5.97 Å². The summed E-state index contributed by atoms with van der Waals surface area (Å²) < 4.78 is 4.82. The van der Waals surface area contributed by atoms with E-state index < -0.39 is 6.10 Å².